The van der Waals surface area contributed by atoms with Crippen molar-refractivity contribution in [2.75, 3.05) is 20.1 Å². The molecule has 7 heteroatoms. The fraction of sp³-hybridized carbons (Fsp3) is 0.435. The van der Waals surface area contributed by atoms with Crippen LogP contribution >= 0.6 is 0 Å². The number of nitrogens with zero attached hydrogens (tertiary/aromatic N) is 3. The number of aromatic amines is 1. The minimum absolute atomic E-state index is 0.0266. The van der Waals surface area contributed by atoms with Crippen LogP contribution in [0.1, 0.15) is 17.0 Å². The van der Waals surface area contributed by atoms with E-state index in [-0.39, 0.29) is 17.9 Å². The van der Waals surface area contributed by atoms with Gasteiger partial charge in [-0.15, -0.1) is 0 Å². The van der Waals surface area contributed by atoms with Crippen LogP contribution in [0.3, 0.4) is 0 Å². The van der Waals surface area contributed by atoms with E-state index in [0.717, 1.165) is 12.2 Å². The van der Waals surface area contributed by atoms with E-state index in [1.165, 1.54) is 11.1 Å². The molecule has 2 aromatic rings. The third-order valence-electron chi connectivity index (χ3n) is 6.57. The van der Waals surface area contributed by atoms with Gasteiger partial charge >= 0.3 is 0 Å². The second kappa shape index (κ2) is 7.09. The van der Waals surface area contributed by atoms with E-state index in [1.807, 2.05) is 17.1 Å². The van der Waals surface area contributed by atoms with Crippen LogP contribution in [0.4, 0.5) is 0 Å². The zero-order valence-corrected chi connectivity index (χ0v) is 17.2. The highest BCUT2D eigenvalue weighted by Crippen LogP contribution is 2.52. The van der Waals surface area contributed by atoms with Gasteiger partial charge < -0.3 is 19.5 Å². The number of amides is 2. The SMILES string of the molecule is Cc1ccc(CCN2C[C@@]34C=C[C@@H](O3)C(C(=O)N(C)Cc3ncc[nH]3)C4C2=O)cc1. The van der Waals surface area contributed by atoms with Crippen molar-refractivity contribution in [3.8, 4) is 0 Å². The van der Waals surface area contributed by atoms with Crippen molar-refractivity contribution in [3.63, 3.8) is 0 Å². The van der Waals surface area contributed by atoms with Crippen LogP contribution in [0.5, 0.6) is 0 Å². The molecule has 2 amide bonds. The highest BCUT2D eigenvalue weighted by molar-refractivity contribution is 5.93. The van der Waals surface area contributed by atoms with E-state index in [1.54, 1.807) is 24.3 Å². The largest absolute Gasteiger partial charge is 0.360 e. The predicted molar refractivity (Wildman–Crippen MR) is 110 cm³/mol. The number of imidazole rings is 1. The first-order valence-electron chi connectivity index (χ1n) is 10.4. The Kier molecular flexibility index (Phi) is 4.50. The maximum absolute atomic E-state index is 13.3. The Morgan fingerprint density at radius 3 is 2.90 bits per heavy atom. The maximum Gasteiger partial charge on any atom is 0.230 e. The lowest BCUT2D eigenvalue weighted by molar-refractivity contribution is -0.142. The Morgan fingerprint density at radius 1 is 1.37 bits per heavy atom. The molecule has 4 heterocycles. The summed E-state index contributed by atoms with van der Waals surface area (Å²) in [5, 5.41) is 0. The van der Waals surface area contributed by atoms with Crippen molar-refractivity contribution < 1.29 is 14.3 Å². The number of aryl methyl sites for hydroxylation is 1. The topological polar surface area (TPSA) is 78.5 Å². The van der Waals surface area contributed by atoms with E-state index in [0.29, 0.717) is 19.6 Å². The van der Waals surface area contributed by atoms with Gasteiger partial charge in [0.1, 0.15) is 11.4 Å². The van der Waals surface area contributed by atoms with Crippen molar-refractivity contribution in [2.45, 2.75) is 31.6 Å². The summed E-state index contributed by atoms with van der Waals surface area (Å²) < 4.78 is 6.23. The smallest absolute Gasteiger partial charge is 0.230 e. The van der Waals surface area contributed by atoms with Gasteiger partial charge in [-0.25, -0.2) is 4.98 Å². The summed E-state index contributed by atoms with van der Waals surface area (Å²) in [6, 6.07) is 8.39. The number of hydrogen-bond acceptors (Lipinski definition) is 4. The Labute approximate surface area is 175 Å². The Balaban J connectivity index is 1.30. The normalized spacial score (nSPS) is 28.9. The van der Waals surface area contributed by atoms with Gasteiger partial charge in [0.25, 0.3) is 0 Å². The lowest BCUT2D eigenvalue weighted by Crippen LogP contribution is -2.44. The zero-order chi connectivity index (χ0) is 20.9. The van der Waals surface area contributed by atoms with E-state index < -0.39 is 17.4 Å². The molecule has 1 aromatic carbocycles. The molecular formula is C23H26N4O3. The number of likely N-dealkylation sites (tertiary alicyclic amines) is 1. The molecule has 30 heavy (non-hydrogen) atoms. The third kappa shape index (κ3) is 3.04. The highest BCUT2D eigenvalue weighted by Gasteiger charge is 2.66. The van der Waals surface area contributed by atoms with E-state index in [4.69, 9.17) is 4.74 Å². The van der Waals surface area contributed by atoms with Crippen LogP contribution in [0.15, 0.2) is 48.8 Å². The molecule has 156 valence electrons. The molecule has 2 fully saturated rings. The molecule has 3 aliphatic heterocycles. The van der Waals surface area contributed by atoms with Gasteiger partial charge in [-0.3, -0.25) is 9.59 Å². The van der Waals surface area contributed by atoms with Gasteiger partial charge in [0, 0.05) is 26.0 Å². The van der Waals surface area contributed by atoms with Crippen LogP contribution in [0.25, 0.3) is 0 Å². The summed E-state index contributed by atoms with van der Waals surface area (Å²) in [5.41, 5.74) is 1.76. The second-order valence-corrected chi connectivity index (χ2v) is 8.63. The monoisotopic (exact) mass is 406 g/mol. The minimum Gasteiger partial charge on any atom is -0.360 e. The fourth-order valence-electron chi connectivity index (χ4n) is 5.01. The molecule has 1 spiro atoms. The quantitative estimate of drug-likeness (QED) is 0.741. The number of hydrogen-bond donors (Lipinski definition) is 1. The first-order chi connectivity index (χ1) is 14.5. The summed E-state index contributed by atoms with van der Waals surface area (Å²) in [6.07, 6.45) is 7.82. The second-order valence-electron chi connectivity index (χ2n) is 8.63. The molecule has 0 aliphatic carbocycles. The number of rotatable bonds is 6. The minimum atomic E-state index is -0.666. The van der Waals surface area contributed by atoms with E-state index in [9.17, 15) is 9.59 Å². The van der Waals surface area contributed by atoms with Crippen LogP contribution in [0, 0.1) is 18.8 Å². The van der Waals surface area contributed by atoms with Crippen LogP contribution in [-0.2, 0) is 27.3 Å². The lowest BCUT2D eigenvalue weighted by Gasteiger charge is -2.27. The van der Waals surface area contributed by atoms with Gasteiger partial charge in [-0.2, -0.15) is 0 Å². The van der Waals surface area contributed by atoms with Gasteiger partial charge in [0.05, 0.1) is 31.0 Å². The standard InChI is InChI=1S/C23H26N4O3/c1-15-3-5-16(6-4-15)8-12-27-14-23-9-7-17(30-23)19(20(23)22(27)29)21(28)26(2)13-18-24-10-11-25-18/h3-7,9-11,17,19-20H,8,12-14H2,1-2H3,(H,24,25)/t17-,19?,20?,23-/m1/s1. The van der Waals surface area contributed by atoms with Gasteiger partial charge in [0.2, 0.25) is 11.8 Å². The van der Waals surface area contributed by atoms with Crippen LogP contribution < -0.4 is 0 Å². The highest BCUT2D eigenvalue weighted by atomic mass is 16.5. The summed E-state index contributed by atoms with van der Waals surface area (Å²) in [5.74, 6) is -0.248. The summed E-state index contributed by atoms with van der Waals surface area (Å²) in [6.45, 7) is 3.59. The van der Waals surface area contributed by atoms with Crippen molar-refractivity contribution in [1.82, 2.24) is 19.8 Å². The molecule has 1 N–H and O–H groups in total. The first-order valence-corrected chi connectivity index (χ1v) is 10.4. The van der Waals surface area contributed by atoms with E-state index >= 15 is 0 Å². The predicted octanol–water partition coefficient (Wildman–Crippen LogP) is 1.70. The molecule has 2 saturated heterocycles. The average molecular weight is 406 g/mol. The molecule has 0 radical (unpaired) electrons. The molecule has 5 rings (SSSR count). The molecule has 3 aliphatic rings. The zero-order valence-electron chi connectivity index (χ0n) is 17.2. The van der Waals surface area contributed by atoms with Gasteiger partial charge in [-0.1, -0.05) is 42.0 Å². The number of aromatic nitrogens is 2. The fourth-order valence-corrected chi connectivity index (χ4v) is 5.01. The molecule has 1 aromatic heterocycles. The number of ether oxygens (including phenoxy) is 1. The third-order valence-corrected chi connectivity index (χ3v) is 6.57. The molecule has 4 atom stereocenters. The van der Waals surface area contributed by atoms with Crippen LogP contribution in [0.2, 0.25) is 0 Å². The maximum atomic E-state index is 13.3. The van der Waals surface area contributed by atoms with Crippen molar-refractivity contribution in [3.05, 3.63) is 65.8 Å². The number of carbonyl (C=O) groups is 2. The molecular weight excluding hydrogens is 380 g/mol. The summed E-state index contributed by atoms with van der Waals surface area (Å²) >= 11 is 0. The van der Waals surface area contributed by atoms with E-state index in [2.05, 4.69) is 41.2 Å². The average Bonchev–Trinajstić information content (AvgIpc) is 3.50. The van der Waals surface area contributed by atoms with Crippen molar-refractivity contribution >= 4 is 11.8 Å². The Hall–Kier alpha value is -2.93. The molecule has 7 nitrogen and oxygen atoms in total. The lowest BCUT2D eigenvalue weighted by atomic mass is 9.76. The molecule has 0 saturated carbocycles. The summed E-state index contributed by atoms with van der Waals surface area (Å²) in [7, 11) is 1.75. The van der Waals surface area contributed by atoms with Crippen LogP contribution in [-0.4, -0.2) is 63.4 Å². The number of carbonyl (C=O) groups excluding carboxylic acids is 2. The number of benzene rings is 1. The Morgan fingerprint density at radius 2 is 2.17 bits per heavy atom. The molecule has 2 bridgehead atoms. The first kappa shape index (κ1) is 19.1. The number of H-pyrrole nitrogens is 1. The van der Waals surface area contributed by atoms with Crippen molar-refractivity contribution in [2.24, 2.45) is 11.8 Å². The van der Waals surface area contributed by atoms with Gasteiger partial charge in [-0.05, 0) is 18.9 Å². The molecule has 2 unspecified atom stereocenters. The van der Waals surface area contributed by atoms with Crippen molar-refractivity contribution in [1.29, 1.82) is 0 Å². The Bertz CT molecular complexity index is 984. The van der Waals surface area contributed by atoms with Gasteiger partial charge in [0.15, 0.2) is 0 Å². The number of fused-ring (bicyclic) bond motifs is 1. The summed E-state index contributed by atoms with van der Waals surface area (Å²) in [4.78, 5) is 37.3. The number of nitrogens with one attached hydrogen (secondary N) is 1.